The van der Waals surface area contributed by atoms with Crippen LogP contribution in [0.3, 0.4) is 0 Å². The molecule has 2 aromatic rings. The number of carboxylic acid groups (broad SMARTS) is 1. The van der Waals surface area contributed by atoms with Crippen LogP contribution < -0.4 is 4.90 Å². The summed E-state index contributed by atoms with van der Waals surface area (Å²) in [6, 6.07) is 14.3. The summed E-state index contributed by atoms with van der Waals surface area (Å²) in [5.74, 6) is -0.796. The summed E-state index contributed by atoms with van der Waals surface area (Å²) in [6.45, 7) is 5.01. The van der Waals surface area contributed by atoms with E-state index in [4.69, 9.17) is 5.11 Å². The Hall–Kier alpha value is -2.29. The standard InChI is InChI=1S/C18H21NO2/c1-13-8-14(2)10-17(9-13)19(3)12-16-6-4-15(5-7-16)11-18(20)21/h4-10H,11-12H2,1-3H3,(H,20,21). The number of benzene rings is 2. The fourth-order valence-electron chi connectivity index (χ4n) is 2.47. The van der Waals surface area contributed by atoms with E-state index in [2.05, 4.69) is 44.0 Å². The zero-order chi connectivity index (χ0) is 15.4. The average Bonchev–Trinajstić information content (AvgIpc) is 2.39. The van der Waals surface area contributed by atoms with Crippen molar-refractivity contribution in [3.8, 4) is 0 Å². The molecule has 110 valence electrons. The molecule has 0 aliphatic carbocycles. The van der Waals surface area contributed by atoms with Gasteiger partial charge in [0, 0.05) is 19.3 Å². The summed E-state index contributed by atoms with van der Waals surface area (Å²) in [5.41, 5.74) is 5.72. The fraction of sp³-hybridized carbons (Fsp3) is 0.278. The number of anilines is 1. The lowest BCUT2D eigenvalue weighted by Gasteiger charge is -2.20. The third kappa shape index (κ3) is 4.35. The van der Waals surface area contributed by atoms with Crippen LogP contribution in [0.25, 0.3) is 0 Å². The quantitative estimate of drug-likeness (QED) is 0.912. The monoisotopic (exact) mass is 283 g/mol. The van der Waals surface area contributed by atoms with Crippen molar-refractivity contribution in [1.82, 2.24) is 0 Å². The molecule has 3 nitrogen and oxygen atoms in total. The van der Waals surface area contributed by atoms with Crippen molar-refractivity contribution >= 4 is 11.7 Å². The number of rotatable bonds is 5. The molecular formula is C18H21NO2. The zero-order valence-electron chi connectivity index (χ0n) is 12.8. The molecule has 2 rings (SSSR count). The average molecular weight is 283 g/mol. The molecular weight excluding hydrogens is 262 g/mol. The number of aliphatic carboxylic acids is 1. The Morgan fingerprint density at radius 3 is 2.05 bits per heavy atom. The second-order valence-electron chi connectivity index (χ2n) is 5.59. The lowest BCUT2D eigenvalue weighted by Crippen LogP contribution is -2.16. The summed E-state index contributed by atoms with van der Waals surface area (Å²) in [5, 5.41) is 8.77. The maximum absolute atomic E-state index is 10.7. The van der Waals surface area contributed by atoms with Crippen molar-refractivity contribution < 1.29 is 9.90 Å². The van der Waals surface area contributed by atoms with E-state index >= 15 is 0 Å². The Morgan fingerprint density at radius 1 is 1.00 bits per heavy atom. The molecule has 21 heavy (non-hydrogen) atoms. The van der Waals surface area contributed by atoms with Gasteiger partial charge >= 0.3 is 5.97 Å². The topological polar surface area (TPSA) is 40.5 Å². The molecule has 0 saturated heterocycles. The molecule has 0 bridgehead atoms. The molecule has 0 amide bonds. The lowest BCUT2D eigenvalue weighted by atomic mass is 10.1. The summed E-state index contributed by atoms with van der Waals surface area (Å²) < 4.78 is 0. The number of carboxylic acids is 1. The van der Waals surface area contributed by atoms with Crippen molar-refractivity contribution in [2.75, 3.05) is 11.9 Å². The fourth-order valence-corrected chi connectivity index (χ4v) is 2.47. The van der Waals surface area contributed by atoms with Gasteiger partial charge in [-0.25, -0.2) is 0 Å². The highest BCUT2D eigenvalue weighted by Crippen LogP contribution is 2.19. The van der Waals surface area contributed by atoms with Crippen molar-refractivity contribution in [3.63, 3.8) is 0 Å². The Bertz CT molecular complexity index is 612. The van der Waals surface area contributed by atoms with E-state index in [-0.39, 0.29) is 6.42 Å². The minimum atomic E-state index is -0.796. The van der Waals surface area contributed by atoms with Crippen molar-refractivity contribution in [2.24, 2.45) is 0 Å². The van der Waals surface area contributed by atoms with E-state index in [1.165, 1.54) is 22.4 Å². The van der Waals surface area contributed by atoms with Crippen LogP contribution in [-0.4, -0.2) is 18.1 Å². The molecule has 0 spiro atoms. The van der Waals surface area contributed by atoms with Crippen LogP contribution in [0, 0.1) is 13.8 Å². The molecule has 0 saturated carbocycles. The Kier molecular flexibility index (Phi) is 4.63. The van der Waals surface area contributed by atoms with Gasteiger partial charge in [-0.2, -0.15) is 0 Å². The first-order chi connectivity index (χ1) is 9.94. The van der Waals surface area contributed by atoms with E-state index in [0.717, 1.165) is 12.1 Å². The first kappa shape index (κ1) is 15.1. The van der Waals surface area contributed by atoms with Crippen LogP contribution >= 0.6 is 0 Å². The molecule has 3 heteroatoms. The number of hydrogen-bond acceptors (Lipinski definition) is 2. The van der Waals surface area contributed by atoms with E-state index in [9.17, 15) is 4.79 Å². The Balaban J connectivity index is 2.08. The molecule has 0 aliphatic rings. The predicted octanol–water partition coefficient (Wildman–Crippen LogP) is 3.57. The van der Waals surface area contributed by atoms with Crippen LogP contribution in [0.5, 0.6) is 0 Å². The van der Waals surface area contributed by atoms with Gasteiger partial charge < -0.3 is 10.0 Å². The Morgan fingerprint density at radius 2 is 1.52 bits per heavy atom. The molecule has 1 N–H and O–H groups in total. The van der Waals surface area contributed by atoms with Gasteiger partial charge in [0.2, 0.25) is 0 Å². The Labute approximate surface area is 125 Å². The molecule has 0 heterocycles. The SMILES string of the molecule is Cc1cc(C)cc(N(C)Cc2ccc(CC(=O)O)cc2)c1. The maximum Gasteiger partial charge on any atom is 0.307 e. The lowest BCUT2D eigenvalue weighted by molar-refractivity contribution is -0.136. The first-order valence-corrected chi connectivity index (χ1v) is 7.03. The number of carbonyl (C=O) groups is 1. The van der Waals surface area contributed by atoms with Crippen molar-refractivity contribution in [3.05, 3.63) is 64.7 Å². The van der Waals surface area contributed by atoms with Crippen LogP contribution in [-0.2, 0) is 17.8 Å². The molecule has 0 aliphatic heterocycles. The smallest absolute Gasteiger partial charge is 0.307 e. The maximum atomic E-state index is 10.7. The second-order valence-corrected chi connectivity index (χ2v) is 5.59. The van der Waals surface area contributed by atoms with E-state index in [1.54, 1.807) is 0 Å². The minimum Gasteiger partial charge on any atom is -0.481 e. The molecule has 0 atom stereocenters. The highest BCUT2D eigenvalue weighted by Gasteiger charge is 2.05. The van der Waals surface area contributed by atoms with Gasteiger partial charge in [-0.1, -0.05) is 30.3 Å². The number of nitrogens with zero attached hydrogens (tertiary/aromatic N) is 1. The molecule has 0 fully saturated rings. The highest BCUT2D eigenvalue weighted by molar-refractivity contribution is 5.70. The summed E-state index contributed by atoms with van der Waals surface area (Å²) in [7, 11) is 2.07. The van der Waals surface area contributed by atoms with Gasteiger partial charge in [0.15, 0.2) is 0 Å². The van der Waals surface area contributed by atoms with Crippen molar-refractivity contribution in [1.29, 1.82) is 0 Å². The third-order valence-corrected chi connectivity index (χ3v) is 3.45. The van der Waals surface area contributed by atoms with Crippen LogP contribution in [0.4, 0.5) is 5.69 Å². The van der Waals surface area contributed by atoms with Crippen LogP contribution in [0.2, 0.25) is 0 Å². The van der Waals surface area contributed by atoms with Gasteiger partial charge in [0.05, 0.1) is 6.42 Å². The van der Waals surface area contributed by atoms with Gasteiger partial charge in [-0.15, -0.1) is 0 Å². The largest absolute Gasteiger partial charge is 0.481 e. The second kappa shape index (κ2) is 6.44. The van der Waals surface area contributed by atoms with Crippen LogP contribution in [0.15, 0.2) is 42.5 Å². The number of hydrogen-bond donors (Lipinski definition) is 1. The molecule has 0 unspecified atom stereocenters. The molecule has 0 aromatic heterocycles. The normalized spacial score (nSPS) is 10.4. The van der Waals surface area contributed by atoms with E-state index in [1.807, 2.05) is 24.3 Å². The highest BCUT2D eigenvalue weighted by atomic mass is 16.4. The van der Waals surface area contributed by atoms with E-state index in [0.29, 0.717) is 0 Å². The van der Waals surface area contributed by atoms with Gasteiger partial charge in [-0.05, 0) is 48.2 Å². The van der Waals surface area contributed by atoms with E-state index < -0.39 is 5.97 Å². The first-order valence-electron chi connectivity index (χ1n) is 7.03. The third-order valence-electron chi connectivity index (χ3n) is 3.45. The molecule has 0 radical (unpaired) electrons. The zero-order valence-corrected chi connectivity index (χ0v) is 12.8. The summed E-state index contributed by atoms with van der Waals surface area (Å²) >= 11 is 0. The number of aryl methyl sites for hydroxylation is 2. The minimum absolute atomic E-state index is 0.0766. The van der Waals surface area contributed by atoms with Gasteiger partial charge in [-0.3, -0.25) is 4.79 Å². The van der Waals surface area contributed by atoms with Gasteiger partial charge in [0.25, 0.3) is 0 Å². The summed E-state index contributed by atoms with van der Waals surface area (Å²) in [6.07, 6.45) is 0.0766. The van der Waals surface area contributed by atoms with Crippen molar-refractivity contribution in [2.45, 2.75) is 26.8 Å². The van der Waals surface area contributed by atoms with Gasteiger partial charge in [0.1, 0.15) is 0 Å². The van der Waals surface area contributed by atoms with Crippen LogP contribution in [0.1, 0.15) is 22.3 Å². The predicted molar refractivity (Wildman–Crippen MR) is 85.8 cm³/mol. The summed E-state index contributed by atoms with van der Waals surface area (Å²) in [4.78, 5) is 12.9. The molecule has 2 aromatic carbocycles.